The van der Waals surface area contributed by atoms with Gasteiger partial charge in [-0.2, -0.15) is 0 Å². The summed E-state index contributed by atoms with van der Waals surface area (Å²) in [5, 5.41) is 5.62. The molecular weight excluding hydrogens is 440 g/mol. The van der Waals surface area contributed by atoms with E-state index in [1.807, 2.05) is 26.0 Å². The molecule has 4 rings (SSSR count). The number of rotatable bonds is 5. The van der Waals surface area contributed by atoms with Crippen molar-refractivity contribution in [3.8, 4) is 5.75 Å². The number of amides is 2. The molecule has 9 heteroatoms. The first-order chi connectivity index (χ1) is 15.8. The number of aryl methyl sites for hydroxylation is 2. The maximum absolute atomic E-state index is 13.4. The van der Waals surface area contributed by atoms with Crippen molar-refractivity contribution >= 4 is 39.5 Å². The van der Waals surface area contributed by atoms with E-state index in [9.17, 15) is 14.4 Å². The number of para-hydroxylation sites is 2. The molecule has 0 saturated heterocycles. The molecule has 168 valence electrons. The highest BCUT2D eigenvalue weighted by molar-refractivity contribution is 7.19. The van der Waals surface area contributed by atoms with E-state index in [0.29, 0.717) is 22.8 Å². The van der Waals surface area contributed by atoms with Gasteiger partial charge in [0.1, 0.15) is 16.3 Å². The van der Waals surface area contributed by atoms with Crippen LogP contribution in [-0.4, -0.2) is 28.3 Å². The van der Waals surface area contributed by atoms with Crippen LogP contribution in [0.2, 0.25) is 0 Å². The molecule has 0 atom stereocenters. The molecule has 0 aliphatic rings. The number of carbonyl (C=O) groups is 2. The number of methoxy groups -OCH3 is 1. The minimum Gasteiger partial charge on any atom is -0.495 e. The third-order valence-electron chi connectivity index (χ3n) is 5.28. The van der Waals surface area contributed by atoms with Gasteiger partial charge in [-0.3, -0.25) is 14.4 Å². The molecule has 4 aromatic rings. The predicted molar refractivity (Wildman–Crippen MR) is 129 cm³/mol. The van der Waals surface area contributed by atoms with Gasteiger partial charge in [-0.15, -0.1) is 0 Å². The number of benzene rings is 2. The van der Waals surface area contributed by atoms with Crippen LogP contribution in [0.1, 0.15) is 37.0 Å². The highest BCUT2D eigenvalue weighted by Gasteiger charge is 2.27. The van der Waals surface area contributed by atoms with Gasteiger partial charge in [0.05, 0.1) is 12.8 Å². The maximum Gasteiger partial charge on any atom is 0.274 e. The van der Waals surface area contributed by atoms with E-state index in [2.05, 4.69) is 15.6 Å². The lowest BCUT2D eigenvalue weighted by molar-refractivity contribution is 0.0989. The van der Waals surface area contributed by atoms with Gasteiger partial charge in [-0.1, -0.05) is 35.6 Å². The van der Waals surface area contributed by atoms with Crippen molar-refractivity contribution < 1.29 is 14.3 Å². The summed E-state index contributed by atoms with van der Waals surface area (Å²) < 4.78 is 6.47. The third kappa shape index (κ3) is 4.22. The molecule has 33 heavy (non-hydrogen) atoms. The van der Waals surface area contributed by atoms with Crippen LogP contribution in [0.25, 0.3) is 4.96 Å². The second-order valence-corrected chi connectivity index (χ2v) is 8.47. The van der Waals surface area contributed by atoms with Gasteiger partial charge in [0, 0.05) is 17.4 Å². The zero-order valence-electron chi connectivity index (χ0n) is 18.6. The summed E-state index contributed by atoms with van der Waals surface area (Å²) >= 11 is 0.986. The summed E-state index contributed by atoms with van der Waals surface area (Å²) in [6.07, 6.45) is 0. The Kier molecular flexibility index (Phi) is 5.97. The normalized spacial score (nSPS) is 10.8. The third-order valence-corrected chi connectivity index (χ3v) is 6.32. The fourth-order valence-electron chi connectivity index (χ4n) is 3.44. The van der Waals surface area contributed by atoms with Crippen molar-refractivity contribution in [1.82, 2.24) is 9.38 Å². The van der Waals surface area contributed by atoms with E-state index >= 15 is 0 Å². The van der Waals surface area contributed by atoms with Crippen molar-refractivity contribution in [2.24, 2.45) is 0 Å². The Hall–Kier alpha value is -3.98. The van der Waals surface area contributed by atoms with Gasteiger partial charge < -0.3 is 15.4 Å². The summed E-state index contributed by atoms with van der Waals surface area (Å²) in [5.41, 5.74) is 2.96. The fourth-order valence-corrected chi connectivity index (χ4v) is 4.51. The number of nitrogens with one attached hydrogen (secondary N) is 2. The number of anilines is 2. The first-order valence-electron chi connectivity index (χ1n) is 10.1. The van der Waals surface area contributed by atoms with Gasteiger partial charge >= 0.3 is 0 Å². The summed E-state index contributed by atoms with van der Waals surface area (Å²) in [6, 6.07) is 13.8. The zero-order valence-corrected chi connectivity index (χ0v) is 19.4. The summed E-state index contributed by atoms with van der Waals surface area (Å²) in [7, 11) is 1.49. The smallest absolute Gasteiger partial charge is 0.274 e. The van der Waals surface area contributed by atoms with Gasteiger partial charge in [-0.25, -0.2) is 9.38 Å². The number of thiazole rings is 1. The van der Waals surface area contributed by atoms with Crippen molar-refractivity contribution in [2.75, 3.05) is 17.7 Å². The minimum atomic E-state index is -0.621. The van der Waals surface area contributed by atoms with Gasteiger partial charge in [0.15, 0.2) is 4.96 Å². The van der Waals surface area contributed by atoms with Crippen LogP contribution in [0.15, 0.2) is 53.3 Å². The number of ether oxygens (including phenoxy) is 1. The Morgan fingerprint density at radius 2 is 1.67 bits per heavy atom. The molecule has 0 saturated carbocycles. The molecule has 0 aliphatic heterocycles. The Labute approximate surface area is 193 Å². The molecule has 2 amide bonds. The lowest BCUT2D eigenvalue weighted by atomic mass is 10.1. The predicted octanol–water partition coefficient (Wildman–Crippen LogP) is 4.19. The minimum absolute atomic E-state index is 0.0819. The number of carbonyl (C=O) groups excluding carboxylic acids is 2. The highest BCUT2D eigenvalue weighted by atomic mass is 32.1. The summed E-state index contributed by atoms with van der Waals surface area (Å²) in [6.45, 7) is 5.54. The number of hydrogen-bond acceptors (Lipinski definition) is 6. The quantitative estimate of drug-likeness (QED) is 0.463. The average Bonchev–Trinajstić information content (AvgIpc) is 3.17. The molecule has 0 fully saturated rings. The molecule has 0 radical (unpaired) electrons. The highest BCUT2D eigenvalue weighted by Crippen LogP contribution is 2.28. The second kappa shape index (κ2) is 8.87. The molecule has 0 unspecified atom stereocenters. The van der Waals surface area contributed by atoms with Crippen LogP contribution in [-0.2, 0) is 0 Å². The van der Waals surface area contributed by atoms with E-state index in [0.717, 1.165) is 22.5 Å². The number of nitrogens with zero attached hydrogens (tertiary/aromatic N) is 2. The Bertz CT molecular complexity index is 1450. The van der Waals surface area contributed by atoms with Crippen LogP contribution in [0, 0.1) is 20.8 Å². The average molecular weight is 463 g/mol. The van der Waals surface area contributed by atoms with Crippen LogP contribution >= 0.6 is 11.3 Å². The second-order valence-electron chi connectivity index (χ2n) is 7.49. The molecule has 0 aliphatic carbocycles. The van der Waals surface area contributed by atoms with E-state index < -0.39 is 17.4 Å². The van der Waals surface area contributed by atoms with Crippen molar-refractivity contribution in [1.29, 1.82) is 0 Å². The Morgan fingerprint density at radius 3 is 2.42 bits per heavy atom. The lowest BCUT2D eigenvalue weighted by Crippen LogP contribution is -2.25. The van der Waals surface area contributed by atoms with E-state index in [4.69, 9.17) is 4.74 Å². The molecule has 2 heterocycles. The Morgan fingerprint density at radius 1 is 0.970 bits per heavy atom. The molecular formula is C24H22N4O4S. The molecule has 8 nitrogen and oxygen atoms in total. The number of hydrogen-bond donors (Lipinski definition) is 2. The first kappa shape index (κ1) is 22.2. The van der Waals surface area contributed by atoms with Crippen molar-refractivity contribution in [3.05, 3.63) is 86.3 Å². The fraction of sp³-hybridized carbons (Fsp3) is 0.167. The van der Waals surface area contributed by atoms with Gasteiger partial charge in [0.2, 0.25) is 0 Å². The summed E-state index contributed by atoms with van der Waals surface area (Å²) in [4.78, 5) is 44.1. The van der Waals surface area contributed by atoms with Crippen LogP contribution < -0.4 is 20.9 Å². The monoisotopic (exact) mass is 462 g/mol. The van der Waals surface area contributed by atoms with E-state index in [-0.39, 0.29) is 15.5 Å². The van der Waals surface area contributed by atoms with Crippen LogP contribution in [0.3, 0.4) is 0 Å². The van der Waals surface area contributed by atoms with Gasteiger partial charge in [-0.05, 0) is 50.1 Å². The standard InChI is InChI=1S/C24H22N4O4S/c1-13-8-7-10-16(15(13)3)26-23(31)21-20(28-19(29)12-14(2)25-24(28)33-21)22(30)27-17-9-5-6-11-18(17)32-4/h5-12H,1-4H3,(H,26,31)(H,27,30). The molecule has 0 spiro atoms. The SMILES string of the molecule is COc1ccccc1NC(=O)c1c(C(=O)Nc2cccc(C)c2C)sc2nc(C)cc(=O)n12. The number of aromatic nitrogens is 2. The van der Waals surface area contributed by atoms with Crippen molar-refractivity contribution in [3.63, 3.8) is 0 Å². The zero-order chi connectivity index (χ0) is 23.7. The molecule has 2 N–H and O–H groups in total. The molecule has 2 aromatic carbocycles. The maximum atomic E-state index is 13.4. The van der Waals surface area contributed by atoms with E-state index in [1.165, 1.54) is 17.6 Å². The number of fused-ring (bicyclic) bond motifs is 1. The topological polar surface area (TPSA) is 102 Å². The van der Waals surface area contributed by atoms with Crippen LogP contribution in [0.4, 0.5) is 11.4 Å². The van der Waals surface area contributed by atoms with E-state index in [1.54, 1.807) is 37.3 Å². The molecule has 0 bridgehead atoms. The largest absolute Gasteiger partial charge is 0.495 e. The lowest BCUT2D eigenvalue weighted by Gasteiger charge is -2.12. The van der Waals surface area contributed by atoms with Crippen molar-refractivity contribution in [2.45, 2.75) is 20.8 Å². The van der Waals surface area contributed by atoms with Gasteiger partial charge in [0.25, 0.3) is 17.4 Å². The first-order valence-corrected chi connectivity index (χ1v) is 11.0. The summed E-state index contributed by atoms with van der Waals surface area (Å²) in [5.74, 6) is -0.667. The Balaban J connectivity index is 1.82. The van der Waals surface area contributed by atoms with Crippen LogP contribution in [0.5, 0.6) is 5.75 Å². The molecule has 2 aromatic heterocycles.